The molecule has 0 fully saturated rings. The van der Waals surface area contributed by atoms with Gasteiger partial charge in [0.05, 0.1) is 10.6 Å². The molecule has 0 saturated heterocycles. The van der Waals surface area contributed by atoms with Gasteiger partial charge in [0.25, 0.3) is 0 Å². The number of sulfonamides is 1. The summed E-state index contributed by atoms with van der Waals surface area (Å²) < 4.78 is 34.0. The van der Waals surface area contributed by atoms with E-state index >= 15 is 0 Å². The maximum absolute atomic E-state index is 12.7. The highest BCUT2D eigenvalue weighted by atomic mass is 79.9. The predicted molar refractivity (Wildman–Crippen MR) is 115 cm³/mol. The van der Waals surface area contributed by atoms with Crippen molar-refractivity contribution >= 4 is 43.5 Å². The Bertz CT molecular complexity index is 1100. The van der Waals surface area contributed by atoms with Crippen LogP contribution in [0.3, 0.4) is 0 Å². The lowest BCUT2D eigenvalue weighted by atomic mass is 10.2. The van der Waals surface area contributed by atoms with E-state index in [9.17, 15) is 13.2 Å². The number of halogens is 2. The Balaban J connectivity index is 1.72. The van der Waals surface area contributed by atoms with E-state index in [4.69, 9.17) is 16.3 Å². The van der Waals surface area contributed by atoms with Crippen molar-refractivity contribution < 1.29 is 17.9 Å². The smallest absolute Gasteiger partial charge is 0.338 e. The zero-order valence-electron chi connectivity index (χ0n) is 15.1. The first kappa shape index (κ1) is 21.5. The van der Waals surface area contributed by atoms with Gasteiger partial charge >= 0.3 is 5.97 Å². The zero-order valence-corrected chi connectivity index (χ0v) is 18.3. The normalized spacial score (nSPS) is 11.2. The summed E-state index contributed by atoms with van der Waals surface area (Å²) in [4.78, 5) is 12.2. The fraction of sp³-hybridized carbons (Fsp3) is 0.0952. The summed E-state index contributed by atoms with van der Waals surface area (Å²) in [5, 5.41) is 0.0232. The molecule has 3 aromatic carbocycles. The van der Waals surface area contributed by atoms with Gasteiger partial charge in [-0.05, 0) is 41.5 Å². The molecule has 0 heterocycles. The molecule has 0 bridgehead atoms. The Morgan fingerprint density at radius 3 is 2.34 bits per heavy atom. The second-order valence-corrected chi connectivity index (χ2v) is 9.22. The van der Waals surface area contributed by atoms with E-state index in [1.54, 1.807) is 12.1 Å². The largest absolute Gasteiger partial charge is 0.457 e. The lowest BCUT2D eigenvalue weighted by Crippen LogP contribution is -2.24. The van der Waals surface area contributed by atoms with Crippen molar-refractivity contribution in [2.24, 2.45) is 0 Å². The lowest BCUT2D eigenvalue weighted by molar-refractivity contribution is 0.0472. The Labute approximate surface area is 182 Å². The summed E-state index contributed by atoms with van der Waals surface area (Å²) in [6.45, 7) is 0.181. The van der Waals surface area contributed by atoms with Gasteiger partial charge in [0, 0.05) is 11.0 Å². The fourth-order valence-electron chi connectivity index (χ4n) is 2.50. The number of hydrogen-bond donors (Lipinski definition) is 1. The van der Waals surface area contributed by atoms with Crippen LogP contribution in [-0.4, -0.2) is 14.4 Å². The molecule has 0 unspecified atom stereocenters. The van der Waals surface area contributed by atoms with Crippen LogP contribution in [0.5, 0.6) is 0 Å². The number of carbonyl (C=O) groups is 1. The van der Waals surface area contributed by atoms with Crippen LogP contribution in [0.15, 0.2) is 82.2 Å². The molecule has 0 aliphatic carbocycles. The maximum atomic E-state index is 12.7. The molecule has 0 spiro atoms. The van der Waals surface area contributed by atoms with E-state index in [-0.39, 0.29) is 28.6 Å². The highest BCUT2D eigenvalue weighted by molar-refractivity contribution is 9.10. The zero-order chi connectivity index (χ0) is 20.9. The highest BCUT2D eigenvalue weighted by Gasteiger charge is 2.20. The Hall–Kier alpha value is -2.19. The number of carbonyl (C=O) groups excluding carboxylic acids is 1. The van der Waals surface area contributed by atoms with Crippen LogP contribution in [-0.2, 0) is 27.9 Å². The van der Waals surface area contributed by atoms with Gasteiger partial charge < -0.3 is 4.74 Å². The van der Waals surface area contributed by atoms with Crippen molar-refractivity contribution in [3.8, 4) is 0 Å². The molecular weight excluding hydrogens is 478 g/mol. The standard InChI is InChI=1S/C21H17BrClNO4S/c22-18-9-6-16(7-10-18)14-28-21(25)17-8-11-19(23)20(12-17)29(26,27)24-13-15-4-2-1-3-5-15/h1-12,24H,13-14H2. The summed E-state index contributed by atoms with van der Waals surface area (Å²) in [5.41, 5.74) is 1.72. The molecule has 1 N–H and O–H groups in total. The minimum Gasteiger partial charge on any atom is -0.457 e. The van der Waals surface area contributed by atoms with E-state index in [1.165, 1.54) is 18.2 Å². The van der Waals surface area contributed by atoms with Crippen molar-refractivity contribution in [3.63, 3.8) is 0 Å². The summed E-state index contributed by atoms with van der Waals surface area (Å²) in [7, 11) is -3.91. The number of hydrogen-bond acceptors (Lipinski definition) is 4. The van der Waals surface area contributed by atoms with Gasteiger partial charge in [0.2, 0.25) is 10.0 Å². The molecule has 0 aliphatic heterocycles. The first-order valence-electron chi connectivity index (χ1n) is 8.60. The summed E-state index contributed by atoms with van der Waals surface area (Å²) in [6.07, 6.45) is 0. The van der Waals surface area contributed by atoms with E-state index < -0.39 is 16.0 Å². The van der Waals surface area contributed by atoms with E-state index in [0.29, 0.717) is 0 Å². The van der Waals surface area contributed by atoms with Crippen LogP contribution >= 0.6 is 27.5 Å². The minimum absolute atomic E-state index is 0.0232. The molecule has 0 saturated carbocycles. The molecule has 0 aliphatic rings. The summed E-state index contributed by atoms with van der Waals surface area (Å²) >= 11 is 9.42. The number of rotatable bonds is 7. The third-order valence-electron chi connectivity index (χ3n) is 4.05. The van der Waals surface area contributed by atoms with Crippen LogP contribution in [0.4, 0.5) is 0 Å². The monoisotopic (exact) mass is 493 g/mol. The predicted octanol–water partition coefficient (Wildman–Crippen LogP) is 4.94. The van der Waals surface area contributed by atoms with Crippen LogP contribution in [0.2, 0.25) is 5.02 Å². The van der Waals surface area contributed by atoms with Gasteiger partial charge in [-0.15, -0.1) is 0 Å². The van der Waals surface area contributed by atoms with Gasteiger partial charge in [0.15, 0.2) is 0 Å². The van der Waals surface area contributed by atoms with Crippen LogP contribution < -0.4 is 4.72 Å². The molecule has 0 amide bonds. The number of nitrogens with one attached hydrogen (secondary N) is 1. The Kier molecular flexibility index (Phi) is 7.08. The Morgan fingerprint density at radius 1 is 0.966 bits per heavy atom. The number of benzene rings is 3. The highest BCUT2D eigenvalue weighted by Crippen LogP contribution is 2.23. The van der Waals surface area contributed by atoms with E-state index in [1.807, 2.05) is 42.5 Å². The average molecular weight is 495 g/mol. The molecule has 150 valence electrons. The first-order chi connectivity index (χ1) is 13.8. The fourth-order valence-corrected chi connectivity index (χ4v) is 4.31. The summed E-state index contributed by atoms with van der Waals surface area (Å²) in [6, 6.07) is 20.4. The van der Waals surface area contributed by atoms with Gasteiger partial charge in [-0.2, -0.15) is 0 Å². The van der Waals surface area contributed by atoms with Crippen molar-refractivity contribution in [1.82, 2.24) is 4.72 Å². The molecular formula is C21H17BrClNO4S. The van der Waals surface area contributed by atoms with E-state index in [2.05, 4.69) is 20.7 Å². The van der Waals surface area contributed by atoms with Crippen molar-refractivity contribution in [2.75, 3.05) is 0 Å². The number of esters is 1. The van der Waals surface area contributed by atoms with Gasteiger partial charge in [-0.3, -0.25) is 0 Å². The SMILES string of the molecule is O=C(OCc1ccc(Br)cc1)c1ccc(Cl)c(S(=O)(=O)NCc2ccccc2)c1. The first-order valence-corrected chi connectivity index (χ1v) is 11.3. The molecule has 29 heavy (non-hydrogen) atoms. The topological polar surface area (TPSA) is 72.5 Å². The third kappa shape index (κ3) is 5.90. The van der Waals surface area contributed by atoms with Crippen LogP contribution in [0.25, 0.3) is 0 Å². The van der Waals surface area contributed by atoms with Crippen molar-refractivity contribution in [3.05, 3.63) is 99.0 Å². The minimum atomic E-state index is -3.91. The quantitative estimate of drug-likeness (QED) is 0.472. The van der Waals surface area contributed by atoms with Gasteiger partial charge in [-0.1, -0.05) is 70.0 Å². The van der Waals surface area contributed by atoms with E-state index in [0.717, 1.165) is 15.6 Å². The van der Waals surface area contributed by atoms with Gasteiger partial charge in [-0.25, -0.2) is 17.9 Å². The molecule has 3 rings (SSSR count). The average Bonchev–Trinajstić information content (AvgIpc) is 2.72. The number of ether oxygens (including phenoxy) is 1. The molecule has 0 atom stereocenters. The molecule has 5 nitrogen and oxygen atoms in total. The second kappa shape index (κ2) is 9.54. The molecule has 0 aromatic heterocycles. The van der Waals surface area contributed by atoms with Crippen molar-refractivity contribution in [2.45, 2.75) is 18.0 Å². The van der Waals surface area contributed by atoms with Crippen LogP contribution in [0.1, 0.15) is 21.5 Å². The Morgan fingerprint density at radius 2 is 1.66 bits per heavy atom. The molecule has 8 heteroatoms. The molecule has 3 aromatic rings. The second-order valence-electron chi connectivity index (χ2n) is 6.16. The van der Waals surface area contributed by atoms with Crippen LogP contribution in [0, 0.1) is 0 Å². The van der Waals surface area contributed by atoms with Crippen molar-refractivity contribution in [1.29, 1.82) is 0 Å². The molecule has 0 radical (unpaired) electrons. The maximum Gasteiger partial charge on any atom is 0.338 e. The lowest BCUT2D eigenvalue weighted by Gasteiger charge is -2.11. The van der Waals surface area contributed by atoms with Gasteiger partial charge in [0.1, 0.15) is 11.5 Å². The third-order valence-corrected chi connectivity index (χ3v) is 6.46. The summed E-state index contributed by atoms with van der Waals surface area (Å²) in [5.74, 6) is -0.635.